The monoisotopic (exact) mass is 285 g/mol. The zero-order valence-corrected chi connectivity index (χ0v) is 11.1. The molecule has 2 heterocycles. The first-order valence-electron chi connectivity index (χ1n) is 6.03. The van der Waals surface area contributed by atoms with Crippen molar-refractivity contribution in [1.29, 1.82) is 0 Å². The number of aliphatic hydroxyl groups is 1. The van der Waals surface area contributed by atoms with Crippen molar-refractivity contribution < 1.29 is 14.6 Å². The standard InChI is InChI=1S/C12H16ClN3O3/c13-12-10(2-1-3-14-12)15-11(18)6-16-4-5-19-8-9(16)7-17/h1-3,9,17H,4-8H2,(H,15,18). The number of nitrogens with one attached hydrogen (secondary N) is 1. The van der Waals surface area contributed by atoms with Crippen molar-refractivity contribution in [3.05, 3.63) is 23.5 Å². The Hall–Kier alpha value is -1.21. The van der Waals surface area contributed by atoms with Crippen LogP contribution in [0, 0.1) is 0 Å². The molecular weight excluding hydrogens is 270 g/mol. The van der Waals surface area contributed by atoms with Crippen LogP contribution in [0.4, 0.5) is 5.69 Å². The number of carbonyl (C=O) groups excluding carboxylic acids is 1. The maximum Gasteiger partial charge on any atom is 0.238 e. The first kappa shape index (κ1) is 14.2. The maximum atomic E-state index is 11.9. The van der Waals surface area contributed by atoms with Gasteiger partial charge < -0.3 is 15.2 Å². The fraction of sp³-hybridized carbons (Fsp3) is 0.500. The van der Waals surface area contributed by atoms with Crippen LogP contribution in [0.15, 0.2) is 18.3 Å². The van der Waals surface area contributed by atoms with E-state index in [1.165, 1.54) is 0 Å². The summed E-state index contributed by atoms with van der Waals surface area (Å²) in [7, 11) is 0. The van der Waals surface area contributed by atoms with Crippen LogP contribution in [0.5, 0.6) is 0 Å². The number of amides is 1. The topological polar surface area (TPSA) is 74.7 Å². The Kier molecular flexibility index (Phi) is 5.09. The second kappa shape index (κ2) is 6.81. The highest BCUT2D eigenvalue weighted by Gasteiger charge is 2.24. The van der Waals surface area contributed by atoms with Crippen molar-refractivity contribution >= 4 is 23.2 Å². The molecule has 1 atom stereocenters. The average molecular weight is 286 g/mol. The lowest BCUT2D eigenvalue weighted by Crippen LogP contribution is -2.50. The number of carbonyl (C=O) groups is 1. The summed E-state index contributed by atoms with van der Waals surface area (Å²) in [5, 5.41) is 12.2. The summed E-state index contributed by atoms with van der Waals surface area (Å²) < 4.78 is 5.26. The number of morpholine rings is 1. The molecule has 1 saturated heterocycles. The van der Waals surface area contributed by atoms with Gasteiger partial charge in [-0.3, -0.25) is 9.69 Å². The van der Waals surface area contributed by atoms with E-state index >= 15 is 0 Å². The van der Waals surface area contributed by atoms with Gasteiger partial charge in [0, 0.05) is 12.7 Å². The minimum absolute atomic E-state index is 0.0269. The van der Waals surface area contributed by atoms with Gasteiger partial charge >= 0.3 is 0 Å². The van der Waals surface area contributed by atoms with E-state index in [0.717, 1.165) is 0 Å². The van der Waals surface area contributed by atoms with Gasteiger partial charge in [-0.1, -0.05) is 11.6 Å². The zero-order chi connectivity index (χ0) is 13.7. The summed E-state index contributed by atoms with van der Waals surface area (Å²) in [6.45, 7) is 1.80. The van der Waals surface area contributed by atoms with Gasteiger partial charge in [0.05, 0.1) is 38.1 Å². The first-order chi connectivity index (χ1) is 9.20. The fourth-order valence-electron chi connectivity index (χ4n) is 1.92. The Morgan fingerprint density at radius 1 is 1.68 bits per heavy atom. The van der Waals surface area contributed by atoms with E-state index in [-0.39, 0.29) is 30.3 Å². The summed E-state index contributed by atoms with van der Waals surface area (Å²) >= 11 is 5.87. The second-order valence-corrected chi connectivity index (χ2v) is 4.63. The van der Waals surface area contributed by atoms with Crippen LogP contribution in [0.2, 0.25) is 5.15 Å². The Labute approximate surface area is 116 Å². The van der Waals surface area contributed by atoms with Crippen molar-refractivity contribution in [2.75, 3.05) is 38.2 Å². The largest absolute Gasteiger partial charge is 0.395 e. The summed E-state index contributed by atoms with van der Waals surface area (Å²) in [5.41, 5.74) is 0.489. The number of pyridine rings is 1. The Morgan fingerprint density at radius 2 is 2.53 bits per heavy atom. The third-order valence-corrected chi connectivity index (χ3v) is 3.24. The number of nitrogens with zero attached hydrogens (tertiary/aromatic N) is 2. The molecule has 0 radical (unpaired) electrons. The number of halogens is 1. The highest BCUT2D eigenvalue weighted by Crippen LogP contribution is 2.17. The normalized spacial score (nSPS) is 20.2. The van der Waals surface area contributed by atoms with Gasteiger partial charge in [-0.2, -0.15) is 0 Å². The number of hydrogen-bond acceptors (Lipinski definition) is 5. The average Bonchev–Trinajstić information content (AvgIpc) is 2.42. The highest BCUT2D eigenvalue weighted by molar-refractivity contribution is 6.32. The molecule has 7 heteroatoms. The van der Waals surface area contributed by atoms with E-state index in [1.807, 2.05) is 4.90 Å². The van der Waals surface area contributed by atoms with Crippen LogP contribution in [0.1, 0.15) is 0 Å². The number of aliphatic hydroxyl groups excluding tert-OH is 1. The van der Waals surface area contributed by atoms with Crippen molar-refractivity contribution in [1.82, 2.24) is 9.88 Å². The SMILES string of the molecule is O=C(CN1CCOCC1CO)Nc1cccnc1Cl. The number of rotatable bonds is 4. The molecule has 0 bridgehead atoms. The van der Waals surface area contributed by atoms with Crippen molar-refractivity contribution in [2.24, 2.45) is 0 Å². The molecule has 2 rings (SSSR count). The third kappa shape index (κ3) is 3.87. The minimum Gasteiger partial charge on any atom is -0.395 e. The van der Waals surface area contributed by atoms with Gasteiger partial charge in [-0.05, 0) is 12.1 Å². The number of ether oxygens (including phenoxy) is 1. The Bertz CT molecular complexity index is 444. The molecule has 2 N–H and O–H groups in total. The molecule has 0 aliphatic carbocycles. The lowest BCUT2D eigenvalue weighted by molar-refractivity contribution is -0.120. The third-order valence-electron chi connectivity index (χ3n) is 2.94. The number of anilines is 1. The van der Waals surface area contributed by atoms with Gasteiger partial charge in [-0.25, -0.2) is 4.98 Å². The van der Waals surface area contributed by atoms with Gasteiger partial charge in [0.1, 0.15) is 0 Å². The molecule has 1 aromatic rings. The molecule has 1 aliphatic rings. The molecule has 0 aromatic carbocycles. The van der Waals surface area contributed by atoms with Crippen LogP contribution < -0.4 is 5.32 Å². The van der Waals surface area contributed by atoms with Crippen molar-refractivity contribution in [3.63, 3.8) is 0 Å². The van der Waals surface area contributed by atoms with Gasteiger partial charge in [0.25, 0.3) is 0 Å². The molecule has 0 spiro atoms. The van der Waals surface area contributed by atoms with Crippen LogP contribution in [-0.4, -0.2) is 59.8 Å². The van der Waals surface area contributed by atoms with Gasteiger partial charge in [-0.15, -0.1) is 0 Å². The zero-order valence-electron chi connectivity index (χ0n) is 10.4. The molecule has 6 nitrogen and oxygen atoms in total. The summed E-state index contributed by atoms with van der Waals surface area (Å²) in [5.74, 6) is -0.185. The van der Waals surface area contributed by atoms with Gasteiger partial charge in [0.15, 0.2) is 5.15 Å². The Balaban J connectivity index is 1.92. The first-order valence-corrected chi connectivity index (χ1v) is 6.41. The van der Waals surface area contributed by atoms with E-state index in [0.29, 0.717) is 25.4 Å². The predicted octanol–water partition coefficient (Wildman–Crippen LogP) is 0.367. The van der Waals surface area contributed by atoms with Crippen molar-refractivity contribution in [2.45, 2.75) is 6.04 Å². The predicted molar refractivity (Wildman–Crippen MR) is 71.1 cm³/mol. The molecular formula is C12H16ClN3O3. The number of aromatic nitrogens is 1. The van der Waals surface area contributed by atoms with E-state index in [4.69, 9.17) is 16.3 Å². The highest BCUT2D eigenvalue weighted by atomic mass is 35.5. The molecule has 1 unspecified atom stereocenters. The number of hydrogen-bond donors (Lipinski definition) is 2. The van der Waals surface area contributed by atoms with Gasteiger partial charge in [0.2, 0.25) is 5.91 Å². The van der Waals surface area contributed by atoms with E-state index in [1.54, 1.807) is 18.3 Å². The minimum atomic E-state index is -0.185. The van der Waals surface area contributed by atoms with Crippen LogP contribution in [-0.2, 0) is 9.53 Å². The van der Waals surface area contributed by atoms with Crippen LogP contribution in [0.25, 0.3) is 0 Å². The van der Waals surface area contributed by atoms with E-state index in [2.05, 4.69) is 10.3 Å². The van der Waals surface area contributed by atoms with Crippen molar-refractivity contribution in [3.8, 4) is 0 Å². The smallest absolute Gasteiger partial charge is 0.238 e. The molecule has 1 aliphatic heterocycles. The lowest BCUT2D eigenvalue weighted by atomic mass is 10.2. The summed E-state index contributed by atoms with van der Waals surface area (Å²) in [4.78, 5) is 17.7. The van der Waals surface area contributed by atoms with Crippen LogP contribution in [0.3, 0.4) is 0 Å². The summed E-state index contributed by atoms with van der Waals surface area (Å²) in [6.07, 6.45) is 1.56. The quantitative estimate of drug-likeness (QED) is 0.782. The summed E-state index contributed by atoms with van der Waals surface area (Å²) in [6, 6.07) is 3.26. The fourth-order valence-corrected chi connectivity index (χ4v) is 2.09. The molecule has 1 fully saturated rings. The molecule has 19 heavy (non-hydrogen) atoms. The molecule has 0 saturated carbocycles. The second-order valence-electron chi connectivity index (χ2n) is 4.27. The molecule has 104 valence electrons. The molecule has 1 aromatic heterocycles. The Morgan fingerprint density at radius 3 is 3.26 bits per heavy atom. The van der Waals surface area contributed by atoms with E-state index in [9.17, 15) is 9.90 Å². The van der Waals surface area contributed by atoms with E-state index < -0.39 is 0 Å². The molecule has 1 amide bonds. The van der Waals surface area contributed by atoms with Crippen LogP contribution >= 0.6 is 11.6 Å². The maximum absolute atomic E-state index is 11.9. The lowest BCUT2D eigenvalue weighted by Gasteiger charge is -2.33.